The van der Waals surface area contributed by atoms with Gasteiger partial charge in [-0.25, -0.2) is 0 Å². The second kappa shape index (κ2) is 9.46. The molecule has 0 aromatic heterocycles. The van der Waals surface area contributed by atoms with Crippen LogP contribution >= 0.6 is 0 Å². The second-order valence-corrected chi connectivity index (χ2v) is 5.88. The maximum atomic E-state index is 12.2. The van der Waals surface area contributed by atoms with Gasteiger partial charge in [0, 0.05) is 6.42 Å². The SMILES string of the molecule is COc1ccc(OCC(=O)NC(CCC(=O)O)c2ccccc2)cc1C. The van der Waals surface area contributed by atoms with E-state index in [2.05, 4.69) is 5.32 Å². The minimum Gasteiger partial charge on any atom is -0.496 e. The van der Waals surface area contributed by atoms with E-state index in [1.165, 1.54) is 0 Å². The van der Waals surface area contributed by atoms with Gasteiger partial charge >= 0.3 is 5.97 Å². The molecule has 2 rings (SSSR count). The molecule has 1 atom stereocenters. The Morgan fingerprint density at radius 2 is 1.88 bits per heavy atom. The van der Waals surface area contributed by atoms with Gasteiger partial charge in [-0.2, -0.15) is 0 Å². The van der Waals surface area contributed by atoms with Crippen molar-refractivity contribution in [1.82, 2.24) is 5.32 Å². The molecule has 0 saturated heterocycles. The minimum absolute atomic E-state index is 0.0294. The van der Waals surface area contributed by atoms with Crippen LogP contribution in [0.2, 0.25) is 0 Å². The number of hydrogen-bond donors (Lipinski definition) is 2. The van der Waals surface area contributed by atoms with Crippen molar-refractivity contribution in [1.29, 1.82) is 0 Å². The number of carbonyl (C=O) groups is 2. The molecular formula is C20H23NO5. The van der Waals surface area contributed by atoms with Crippen molar-refractivity contribution in [3.05, 3.63) is 59.7 Å². The molecule has 0 aliphatic rings. The van der Waals surface area contributed by atoms with Gasteiger partial charge in [-0.15, -0.1) is 0 Å². The van der Waals surface area contributed by atoms with Gasteiger partial charge in [-0.3, -0.25) is 9.59 Å². The molecule has 0 fully saturated rings. The summed E-state index contributed by atoms with van der Waals surface area (Å²) in [6, 6.07) is 14.2. The predicted molar refractivity (Wildman–Crippen MR) is 97.4 cm³/mol. The number of aliphatic carboxylic acids is 1. The van der Waals surface area contributed by atoms with Crippen molar-refractivity contribution in [2.24, 2.45) is 0 Å². The third-order valence-electron chi connectivity index (χ3n) is 3.92. The Morgan fingerprint density at radius 3 is 2.50 bits per heavy atom. The lowest BCUT2D eigenvalue weighted by Crippen LogP contribution is -2.33. The average molecular weight is 357 g/mol. The van der Waals surface area contributed by atoms with Gasteiger partial charge in [-0.05, 0) is 42.7 Å². The highest BCUT2D eigenvalue weighted by atomic mass is 16.5. The molecule has 26 heavy (non-hydrogen) atoms. The number of aryl methyl sites for hydroxylation is 1. The fourth-order valence-corrected chi connectivity index (χ4v) is 2.60. The summed E-state index contributed by atoms with van der Waals surface area (Å²) in [7, 11) is 1.59. The lowest BCUT2D eigenvalue weighted by atomic mass is 10.0. The number of ether oxygens (including phenoxy) is 2. The lowest BCUT2D eigenvalue weighted by Gasteiger charge is -2.19. The highest BCUT2D eigenvalue weighted by Gasteiger charge is 2.16. The lowest BCUT2D eigenvalue weighted by molar-refractivity contribution is -0.137. The second-order valence-electron chi connectivity index (χ2n) is 5.88. The van der Waals surface area contributed by atoms with Gasteiger partial charge in [0.25, 0.3) is 5.91 Å². The Morgan fingerprint density at radius 1 is 1.15 bits per heavy atom. The molecule has 6 nitrogen and oxygen atoms in total. The Labute approximate surface area is 152 Å². The van der Waals surface area contributed by atoms with Crippen LogP contribution in [0.25, 0.3) is 0 Å². The van der Waals surface area contributed by atoms with E-state index in [1.807, 2.05) is 37.3 Å². The largest absolute Gasteiger partial charge is 0.496 e. The Kier molecular flexibility index (Phi) is 7.02. The van der Waals surface area contributed by atoms with Gasteiger partial charge in [0.15, 0.2) is 6.61 Å². The van der Waals surface area contributed by atoms with Crippen molar-refractivity contribution < 1.29 is 24.2 Å². The van der Waals surface area contributed by atoms with Gasteiger partial charge in [0.05, 0.1) is 13.2 Å². The van der Waals surface area contributed by atoms with Crippen LogP contribution in [0.1, 0.15) is 30.0 Å². The third-order valence-corrected chi connectivity index (χ3v) is 3.92. The highest BCUT2D eigenvalue weighted by Crippen LogP contribution is 2.23. The maximum Gasteiger partial charge on any atom is 0.303 e. The molecule has 2 N–H and O–H groups in total. The van der Waals surface area contributed by atoms with Crippen LogP contribution in [-0.2, 0) is 9.59 Å². The summed E-state index contributed by atoms with van der Waals surface area (Å²) in [5.41, 5.74) is 1.77. The maximum absolute atomic E-state index is 12.2. The number of benzene rings is 2. The van der Waals surface area contributed by atoms with Crippen LogP contribution in [0, 0.1) is 6.92 Å². The van der Waals surface area contributed by atoms with Crippen LogP contribution in [0.5, 0.6) is 11.5 Å². The van der Waals surface area contributed by atoms with E-state index in [0.29, 0.717) is 12.2 Å². The molecule has 0 saturated carbocycles. The molecule has 0 aliphatic heterocycles. The summed E-state index contributed by atoms with van der Waals surface area (Å²) >= 11 is 0. The molecule has 0 bridgehead atoms. The number of rotatable bonds is 9. The first-order chi connectivity index (χ1) is 12.5. The van der Waals surface area contributed by atoms with Gasteiger partial charge in [0.1, 0.15) is 11.5 Å². The third kappa shape index (κ3) is 5.81. The number of nitrogens with one attached hydrogen (secondary N) is 1. The van der Waals surface area contributed by atoms with Crippen LogP contribution in [0.3, 0.4) is 0 Å². The average Bonchev–Trinajstić information content (AvgIpc) is 2.64. The molecule has 0 aliphatic carbocycles. The van der Waals surface area contributed by atoms with E-state index in [4.69, 9.17) is 14.6 Å². The number of carbonyl (C=O) groups excluding carboxylic acids is 1. The van der Waals surface area contributed by atoms with Crippen molar-refractivity contribution in [3.63, 3.8) is 0 Å². The molecular weight excluding hydrogens is 334 g/mol. The van der Waals surface area contributed by atoms with Gasteiger partial charge in [-0.1, -0.05) is 30.3 Å². The summed E-state index contributed by atoms with van der Waals surface area (Å²) in [6.07, 6.45) is 0.283. The Bertz CT molecular complexity index is 745. The zero-order chi connectivity index (χ0) is 18.9. The van der Waals surface area contributed by atoms with Crippen LogP contribution in [0.4, 0.5) is 0 Å². The number of carboxylic acids is 1. The first-order valence-electron chi connectivity index (χ1n) is 8.33. The van der Waals surface area contributed by atoms with Crippen molar-refractivity contribution in [3.8, 4) is 11.5 Å². The monoisotopic (exact) mass is 357 g/mol. The summed E-state index contributed by atoms with van der Waals surface area (Å²) in [6.45, 7) is 1.74. The number of amides is 1. The normalized spacial score (nSPS) is 11.5. The van der Waals surface area contributed by atoms with Crippen LogP contribution in [-0.4, -0.2) is 30.7 Å². The summed E-state index contributed by atoms with van der Waals surface area (Å²) in [5.74, 6) is 0.114. The molecule has 138 valence electrons. The molecule has 2 aromatic carbocycles. The van der Waals surface area contributed by atoms with E-state index in [1.54, 1.807) is 25.3 Å². The first kappa shape index (κ1) is 19.3. The quantitative estimate of drug-likeness (QED) is 0.720. The minimum atomic E-state index is -0.898. The predicted octanol–water partition coefficient (Wildman–Crippen LogP) is 3.10. The molecule has 1 amide bonds. The summed E-state index contributed by atoms with van der Waals surface area (Å²) in [4.78, 5) is 23.1. The fourth-order valence-electron chi connectivity index (χ4n) is 2.60. The van der Waals surface area contributed by atoms with E-state index in [-0.39, 0.29) is 25.0 Å². The molecule has 2 aromatic rings. The zero-order valence-corrected chi connectivity index (χ0v) is 14.9. The molecule has 6 heteroatoms. The van der Waals surface area contributed by atoms with Gasteiger partial charge in [0.2, 0.25) is 0 Å². The number of methoxy groups -OCH3 is 1. The molecule has 0 heterocycles. The Hall–Kier alpha value is -3.02. The van der Waals surface area contributed by atoms with Crippen molar-refractivity contribution in [2.75, 3.05) is 13.7 Å². The highest BCUT2D eigenvalue weighted by molar-refractivity contribution is 5.78. The van der Waals surface area contributed by atoms with Crippen molar-refractivity contribution in [2.45, 2.75) is 25.8 Å². The smallest absolute Gasteiger partial charge is 0.303 e. The van der Waals surface area contributed by atoms with E-state index >= 15 is 0 Å². The summed E-state index contributed by atoms with van der Waals surface area (Å²) in [5, 5.41) is 11.8. The van der Waals surface area contributed by atoms with E-state index in [9.17, 15) is 9.59 Å². The number of carboxylic acid groups (broad SMARTS) is 1. The molecule has 0 radical (unpaired) electrons. The zero-order valence-electron chi connectivity index (χ0n) is 14.9. The molecule has 1 unspecified atom stereocenters. The van der Waals surface area contributed by atoms with E-state index < -0.39 is 5.97 Å². The van der Waals surface area contributed by atoms with E-state index in [0.717, 1.165) is 16.9 Å². The summed E-state index contributed by atoms with van der Waals surface area (Å²) < 4.78 is 10.7. The van der Waals surface area contributed by atoms with Crippen LogP contribution < -0.4 is 14.8 Å². The topological polar surface area (TPSA) is 84.9 Å². The number of hydrogen-bond acceptors (Lipinski definition) is 4. The van der Waals surface area contributed by atoms with Crippen molar-refractivity contribution >= 4 is 11.9 Å². The van der Waals surface area contributed by atoms with Gasteiger partial charge < -0.3 is 19.9 Å². The Balaban J connectivity index is 1.96. The standard InChI is InChI=1S/C20H23NO5/c1-14-12-16(8-10-18(14)25-2)26-13-19(22)21-17(9-11-20(23)24)15-6-4-3-5-7-15/h3-8,10,12,17H,9,11,13H2,1-2H3,(H,21,22)(H,23,24). The molecule has 0 spiro atoms. The van der Waals surface area contributed by atoms with Crippen LogP contribution in [0.15, 0.2) is 48.5 Å². The fraction of sp³-hybridized carbons (Fsp3) is 0.300. The first-order valence-corrected chi connectivity index (χ1v) is 8.33.